The van der Waals surface area contributed by atoms with Gasteiger partial charge >= 0.3 is 12.0 Å². The number of carbonyl (C=O) groups is 2. The van der Waals surface area contributed by atoms with Crippen molar-refractivity contribution >= 4 is 35.2 Å². The van der Waals surface area contributed by atoms with Crippen molar-refractivity contribution in [1.82, 2.24) is 10.2 Å². The first-order valence-electron chi connectivity index (χ1n) is 6.00. The Labute approximate surface area is 132 Å². The normalized spacial score (nSPS) is 11.3. The first-order valence-corrected chi connectivity index (χ1v) is 6.76. The van der Waals surface area contributed by atoms with Crippen molar-refractivity contribution < 1.29 is 14.7 Å². The lowest BCUT2D eigenvalue weighted by atomic mass is 10.1. The van der Waals surface area contributed by atoms with Crippen molar-refractivity contribution in [2.45, 2.75) is 13.0 Å². The van der Waals surface area contributed by atoms with Gasteiger partial charge in [0.2, 0.25) is 0 Å². The fraction of sp³-hybridized carbons (Fsp3) is 0.286. The fourth-order valence-electron chi connectivity index (χ4n) is 1.68. The molecule has 2 amide bonds. The molecule has 0 aliphatic carbocycles. The van der Waals surface area contributed by atoms with E-state index in [2.05, 4.69) is 11.2 Å². The zero-order valence-corrected chi connectivity index (χ0v) is 12.8. The number of nitrogens with zero attached hydrogens (tertiary/aromatic N) is 1. The molecule has 1 aromatic carbocycles. The van der Waals surface area contributed by atoms with Crippen LogP contribution >= 0.6 is 23.2 Å². The lowest BCUT2D eigenvalue weighted by Crippen LogP contribution is -2.43. The van der Waals surface area contributed by atoms with Gasteiger partial charge in [-0.2, -0.15) is 0 Å². The molecule has 1 aromatic rings. The van der Waals surface area contributed by atoms with Gasteiger partial charge in [0, 0.05) is 10.0 Å². The fourth-order valence-corrected chi connectivity index (χ4v) is 2.25. The van der Waals surface area contributed by atoms with E-state index in [9.17, 15) is 9.59 Å². The lowest BCUT2D eigenvalue weighted by Gasteiger charge is -2.22. The molecule has 7 heteroatoms. The molecule has 1 rings (SSSR count). The standard InChI is InChI=1S/C14H14Cl2N2O3/c1-3-6-18(8-13(19)20)14(21)17-9(2)11-5-4-10(15)7-12(11)16/h1,4-5,7,9H,6,8H2,2H3,(H,17,21)(H,19,20). The van der Waals surface area contributed by atoms with Crippen LogP contribution in [0.2, 0.25) is 10.0 Å². The third-order valence-electron chi connectivity index (χ3n) is 2.66. The van der Waals surface area contributed by atoms with Gasteiger partial charge < -0.3 is 15.3 Å². The van der Waals surface area contributed by atoms with E-state index >= 15 is 0 Å². The van der Waals surface area contributed by atoms with Gasteiger partial charge in [0.1, 0.15) is 6.54 Å². The Kier molecular flexibility index (Phi) is 6.35. The summed E-state index contributed by atoms with van der Waals surface area (Å²) in [6, 6.07) is 3.92. The number of aliphatic carboxylic acids is 1. The van der Waals surface area contributed by atoms with E-state index in [0.29, 0.717) is 15.6 Å². The minimum atomic E-state index is -1.14. The number of terminal acetylenes is 1. The van der Waals surface area contributed by atoms with Crippen LogP contribution in [-0.4, -0.2) is 35.1 Å². The maximum absolute atomic E-state index is 12.0. The quantitative estimate of drug-likeness (QED) is 0.816. The molecule has 112 valence electrons. The van der Waals surface area contributed by atoms with Crippen LogP contribution in [0.1, 0.15) is 18.5 Å². The van der Waals surface area contributed by atoms with E-state index in [-0.39, 0.29) is 6.54 Å². The highest BCUT2D eigenvalue weighted by Gasteiger charge is 2.19. The topological polar surface area (TPSA) is 69.6 Å². The number of hydrogen-bond donors (Lipinski definition) is 2. The van der Waals surface area contributed by atoms with Gasteiger partial charge in [0.25, 0.3) is 0 Å². The van der Waals surface area contributed by atoms with Gasteiger partial charge in [-0.1, -0.05) is 35.2 Å². The number of nitrogens with one attached hydrogen (secondary N) is 1. The summed E-state index contributed by atoms with van der Waals surface area (Å²) in [6.45, 7) is 1.15. The van der Waals surface area contributed by atoms with Crippen molar-refractivity contribution in [2.24, 2.45) is 0 Å². The highest BCUT2D eigenvalue weighted by molar-refractivity contribution is 6.35. The Hall–Kier alpha value is -1.90. The van der Waals surface area contributed by atoms with Crippen LogP contribution in [0.5, 0.6) is 0 Å². The molecular weight excluding hydrogens is 315 g/mol. The second-order valence-corrected chi connectivity index (χ2v) is 5.13. The summed E-state index contributed by atoms with van der Waals surface area (Å²) in [4.78, 5) is 23.7. The molecular formula is C14H14Cl2N2O3. The van der Waals surface area contributed by atoms with E-state index in [4.69, 9.17) is 34.7 Å². The summed E-state index contributed by atoms with van der Waals surface area (Å²) in [6.07, 6.45) is 5.13. The zero-order chi connectivity index (χ0) is 16.0. The molecule has 0 aliphatic rings. The first-order chi connectivity index (χ1) is 9.85. The molecule has 0 fully saturated rings. The monoisotopic (exact) mass is 328 g/mol. The minimum absolute atomic E-state index is 0.0980. The van der Waals surface area contributed by atoms with Crippen LogP contribution in [0.4, 0.5) is 4.79 Å². The first kappa shape index (κ1) is 17.2. The second kappa shape index (κ2) is 7.77. The summed E-state index contributed by atoms with van der Waals surface area (Å²) >= 11 is 11.9. The average molecular weight is 329 g/mol. The van der Waals surface area contributed by atoms with Crippen LogP contribution in [0.25, 0.3) is 0 Å². The van der Waals surface area contributed by atoms with E-state index in [1.54, 1.807) is 25.1 Å². The molecule has 0 aliphatic heterocycles. The summed E-state index contributed by atoms with van der Waals surface area (Å²) in [7, 11) is 0. The molecule has 0 saturated carbocycles. The number of carboxylic acids is 1. The molecule has 0 heterocycles. The second-order valence-electron chi connectivity index (χ2n) is 4.29. The van der Waals surface area contributed by atoms with Gasteiger partial charge in [-0.05, 0) is 24.6 Å². The number of amides is 2. The SMILES string of the molecule is C#CCN(CC(=O)O)C(=O)NC(C)c1ccc(Cl)cc1Cl. The van der Waals surface area contributed by atoms with Crippen molar-refractivity contribution in [3.8, 4) is 12.3 Å². The maximum atomic E-state index is 12.0. The summed E-state index contributed by atoms with van der Waals surface area (Å²) in [5.74, 6) is 1.10. The van der Waals surface area contributed by atoms with Crippen LogP contribution in [0.3, 0.4) is 0 Å². The Balaban J connectivity index is 2.80. The Morgan fingerprint density at radius 1 is 1.48 bits per heavy atom. The molecule has 0 spiro atoms. The van der Waals surface area contributed by atoms with Crippen LogP contribution in [-0.2, 0) is 4.79 Å². The van der Waals surface area contributed by atoms with Crippen LogP contribution in [0.15, 0.2) is 18.2 Å². The molecule has 0 bridgehead atoms. The van der Waals surface area contributed by atoms with E-state index in [1.165, 1.54) is 0 Å². The third-order valence-corrected chi connectivity index (χ3v) is 3.23. The number of urea groups is 1. The molecule has 5 nitrogen and oxygen atoms in total. The highest BCUT2D eigenvalue weighted by atomic mass is 35.5. The average Bonchev–Trinajstić information content (AvgIpc) is 2.37. The summed E-state index contributed by atoms with van der Waals surface area (Å²) in [5.41, 5.74) is 0.672. The molecule has 0 saturated heterocycles. The van der Waals surface area contributed by atoms with E-state index < -0.39 is 24.6 Å². The van der Waals surface area contributed by atoms with Gasteiger partial charge in [0.15, 0.2) is 0 Å². The lowest BCUT2D eigenvalue weighted by molar-refractivity contribution is -0.137. The van der Waals surface area contributed by atoms with Gasteiger partial charge in [-0.3, -0.25) is 4.79 Å². The molecule has 0 aromatic heterocycles. The number of halogens is 2. The number of carboxylic acid groups (broad SMARTS) is 1. The molecule has 2 N–H and O–H groups in total. The van der Waals surface area contributed by atoms with E-state index in [0.717, 1.165) is 4.90 Å². The molecule has 1 atom stereocenters. The smallest absolute Gasteiger partial charge is 0.323 e. The minimum Gasteiger partial charge on any atom is -0.480 e. The Morgan fingerprint density at radius 2 is 2.14 bits per heavy atom. The van der Waals surface area contributed by atoms with E-state index in [1.807, 2.05) is 0 Å². The van der Waals surface area contributed by atoms with Gasteiger partial charge in [0.05, 0.1) is 12.6 Å². The zero-order valence-electron chi connectivity index (χ0n) is 11.3. The summed E-state index contributed by atoms with van der Waals surface area (Å²) < 4.78 is 0. The summed E-state index contributed by atoms with van der Waals surface area (Å²) in [5, 5.41) is 12.3. The molecule has 0 radical (unpaired) electrons. The van der Waals surface area contributed by atoms with Gasteiger partial charge in [-0.25, -0.2) is 4.79 Å². The van der Waals surface area contributed by atoms with Crippen LogP contribution in [0, 0.1) is 12.3 Å². The predicted octanol–water partition coefficient (Wildman–Crippen LogP) is 2.78. The largest absolute Gasteiger partial charge is 0.480 e. The number of rotatable bonds is 5. The Bertz CT molecular complexity index is 584. The van der Waals surface area contributed by atoms with Crippen molar-refractivity contribution in [3.63, 3.8) is 0 Å². The van der Waals surface area contributed by atoms with Crippen molar-refractivity contribution in [3.05, 3.63) is 33.8 Å². The third kappa shape index (κ3) is 5.18. The molecule has 1 unspecified atom stereocenters. The maximum Gasteiger partial charge on any atom is 0.323 e. The van der Waals surface area contributed by atoms with Gasteiger partial charge in [-0.15, -0.1) is 6.42 Å². The van der Waals surface area contributed by atoms with Crippen molar-refractivity contribution in [2.75, 3.05) is 13.1 Å². The van der Waals surface area contributed by atoms with Crippen LogP contribution < -0.4 is 5.32 Å². The highest BCUT2D eigenvalue weighted by Crippen LogP contribution is 2.26. The predicted molar refractivity (Wildman–Crippen MR) is 81.5 cm³/mol. The Morgan fingerprint density at radius 3 is 2.67 bits per heavy atom. The number of benzene rings is 1. The molecule has 21 heavy (non-hydrogen) atoms. The number of hydrogen-bond acceptors (Lipinski definition) is 2. The number of carbonyl (C=O) groups excluding carboxylic acids is 1. The van der Waals surface area contributed by atoms with Crippen molar-refractivity contribution in [1.29, 1.82) is 0 Å².